The second-order valence-electron chi connectivity index (χ2n) is 5.04. The molecular formula is C13H22N4O2. The number of carbonyl (C=O) groups excluding carboxylic acids is 1. The van der Waals surface area contributed by atoms with Gasteiger partial charge in [0, 0.05) is 31.8 Å². The van der Waals surface area contributed by atoms with E-state index in [1.54, 1.807) is 4.68 Å². The van der Waals surface area contributed by atoms with Crippen LogP contribution in [0.5, 0.6) is 0 Å². The van der Waals surface area contributed by atoms with Crippen LogP contribution in [-0.2, 0) is 22.5 Å². The minimum Gasteiger partial charge on any atom is -0.381 e. The minimum atomic E-state index is 0.00874. The summed E-state index contributed by atoms with van der Waals surface area (Å²) >= 11 is 0. The van der Waals surface area contributed by atoms with Crippen molar-refractivity contribution < 1.29 is 9.53 Å². The summed E-state index contributed by atoms with van der Waals surface area (Å²) in [5.74, 6) is 0.471. The summed E-state index contributed by atoms with van der Waals surface area (Å²) in [7, 11) is 0. The molecule has 2 heterocycles. The van der Waals surface area contributed by atoms with Gasteiger partial charge in [-0.25, -0.2) is 0 Å². The fraction of sp³-hybridized carbons (Fsp3) is 0.769. The molecule has 0 aliphatic carbocycles. The van der Waals surface area contributed by atoms with Crippen molar-refractivity contribution in [1.29, 1.82) is 0 Å². The lowest BCUT2D eigenvalue weighted by Gasteiger charge is -2.08. The quantitative estimate of drug-likeness (QED) is 0.791. The smallest absolute Gasteiger partial charge is 0.226 e. The van der Waals surface area contributed by atoms with Crippen molar-refractivity contribution in [3.63, 3.8) is 0 Å². The molecular weight excluding hydrogens is 244 g/mol. The van der Waals surface area contributed by atoms with E-state index in [9.17, 15) is 4.79 Å². The molecule has 19 heavy (non-hydrogen) atoms. The number of hydrogen-bond acceptors (Lipinski definition) is 4. The number of nitrogens with zero attached hydrogens (tertiary/aromatic N) is 3. The number of aromatic nitrogens is 3. The molecule has 1 unspecified atom stereocenters. The zero-order chi connectivity index (χ0) is 13.5. The van der Waals surface area contributed by atoms with Crippen molar-refractivity contribution in [2.24, 2.45) is 5.92 Å². The lowest BCUT2D eigenvalue weighted by atomic mass is 10.1. The van der Waals surface area contributed by atoms with Crippen LogP contribution >= 0.6 is 0 Å². The fourth-order valence-electron chi connectivity index (χ4n) is 2.08. The number of ether oxygens (including phenoxy) is 1. The highest BCUT2D eigenvalue weighted by Crippen LogP contribution is 2.10. The molecule has 6 heteroatoms. The molecule has 2 rings (SSSR count). The van der Waals surface area contributed by atoms with Crippen molar-refractivity contribution in [3.8, 4) is 0 Å². The first-order chi connectivity index (χ1) is 9.28. The van der Waals surface area contributed by atoms with Gasteiger partial charge in [0.15, 0.2) is 0 Å². The second kappa shape index (κ2) is 7.23. The Morgan fingerprint density at radius 2 is 2.53 bits per heavy atom. The highest BCUT2D eigenvalue weighted by atomic mass is 16.5. The molecule has 1 aliphatic rings. The largest absolute Gasteiger partial charge is 0.381 e. The lowest BCUT2D eigenvalue weighted by molar-refractivity contribution is -0.120. The van der Waals surface area contributed by atoms with E-state index in [0.29, 0.717) is 18.9 Å². The van der Waals surface area contributed by atoms with Gasteiger partial charge in [0.25, 0.3) is 0 Å². The maximum absolute atomic E-state index is 11.8. The molecule has 0 radical (unpaired) electrons. The van der Waals surface area contributed by atoms with E-state index in [-0.39, 0.29) is 5.91 Å². The number of unbranched alkanes of at least 4 members (excludes halogenated alkanes) is 1. The fourth-order valence-corrected chi connectivity index (χ4v) is 2.08. The van der Waals surface area contributed by atoms with Crippen molar-refractivity contribution in [2.45, 2.75) is 39.2 Å². The normalized spacial score (nSPS) is 18.7. The van der Waals surface area contributed by atoms with Crippen LogP contribution in [0, 0.1) is 5.92 Å². The Kier molecular flexibility index (Phi) is 5.32. The third-order valence-corrected chi connectivity index (χ3v) is 3.28. The Morgan fingerprint density at radius 3 is 3.26 bits per heavy atom. The van der Waals surface area contributed by atoms with Crippen LogP contribution in [0.1, 0.15) is 31.9 Å². The molecule has 1 aromatic heterocycles. The molecule has 1 aromatic rings. The predicted octanol–water partition coefficient (Wildman–Crippen LogP) is 0.773. The van der Waals surface area contributed by atoms with Crippen LogP contribution in [0.2, 0.25) is 0 Å². The van der Waals surface area contributed by atoms with Crippen LogP contribution in [0.3, 0.4) is 0 Å². The van der Waals surface area contributed by atoms with E-state index in [4.69, 9.17) is 4.74 Å². The van der Waals surface area contributed by atoms with E-state index < -0.39 is 0 Å². The van der Waals surface area contributed by atoms with Gasteiger partial charge in [0.2, 0.25) is 5.91 Å². The highest BCUT2D eigenvalue weighted by Gasteiger charge is 2.16. The third kappa shape index (κ3) is 4.63. The summed E-state index contributed by atoms with van der Waals surface area (Å²) in [6.45, 7) is 5.27. The van der Waals surface area contributed by atoms with E-state index in [0.717, 1.165) is 44.7 Å². The van der Waals surface area contributed by atoms with Crippen molar-refractivity contribution in [1.82, 2.24) is 20.3 Å². The van der Waals surface area contributed by atoms with Crippen LogP contribution in [0.25, 0.3) is 0 Å². The molecule has 0 spiro atoms. The number of carbonyl (C=O) groups is 1. The first-order valence-corrected chi connectivity index (χ1v) is 7.01. The van der Waals surface area contributed by atoms with Crippen LogP contribution < -0.4 is 5.32 Å². The monoisotopic (exact) mass is 266 g/mol. The maximum Gasteiger partial charge on any atom is 0.226 e. The molecule has 0 saturated carbocycles. The maximum atomic E-state index is 11.8. The molecule has 0 bridgehead atoms. The summed E-state index contributed by atoms with van der Waals surface area (Å²) in [5.41, 5.74) is 0.733. The first-order valence-electron chi connectivity index (χ1n) is 7.01. The number of rotatable bonds is 7. The Morgan fingerprint density at radius 1 is 1.63 bits per heavy atom. The van der Waals surface area contributed by atoms with Gasteiger partial charge in [-0.05, 0) is 12.8 Å². The minimum absolute atomic E-state index is 0.00874. The van der Waals surface area contributed by atoms with E-state index in [1.165, 1.54) is 0 Å². The predicted molar refractivity (Wildman–Crippen MR) is 70.6 cm³/mol. The summed E-state index contributed by atoms with van der Waals surface area (Å²) in [5, 5.41) is 11.0. The Bertz CT molecular complexity index is 399. The molecule has 1 N–H and O–H groups in total. The number of aryl methyl sites for hydroxylation is 1. The Labute approximate surface area is 113 Å². The molecule has 106 valence electrons. The number of nitrogens with one attached hydrogen (secondary N) is 1. The second-order valence-corrected chi connectivity index (χ2v) is 5.04. The van der Waals surface area contributed by atoms with Gasteiger partial charge in [-0.15, -0.1) is 5.10 Å². The van der Waals surface area contributed by atoms with Crippen LogP contribution in [0.15, 0.2) is 6.20 Å². The molecule has 0 aromatic carbocycles. The summed E-state index contributed by atoms with van der Waals surface area (Å²) < 4.78 is 7.07. The molecule has 6 nitrogen and oxygen atoms in total. The summed E-state index contributed by atoms with van der Waals surface area (Å²) in [4.78, 5) is 11.8. The molecule has 1 amide bonds. The van der Waals surface area contributed by atoms with Gasteiger partial charge in [0.05, 0.1) is 18.7 Å². The zero-order valence-corrected chi connectivity index (χ0v) is 11.5. The lowest BCUT2D eigenvalue weighted by Crippen LogP contribution is -2.30. The van der Waals surface area contributed by atoms with Gasteiger partial charge in [0.1, 0.15) is 0 Å². The van der Waals surface area contributed by atoms with E-state index in [2.05, 4.69) is 22.6 Å². The zero-order valence-electron chi connectivity index (χ0n) is 11.5. The number of hydrogen-bond donors (Lipinski definition) is 1. The molecule has 1 aliphatic heterocycles. The van der Waals surface area contributed by atoms with Crippen molar-refractivity contribution >= 4 is 5.91 Å². The van der Waals surface area contributed by atoms with Gasteiger partial charge >= 0.3 is 0 Å². The van der Waals surface area contributed by atoms with Gasteiger partial charge < -0.3 is 10.1 Å². The average molecular weight is 266 g/mol. The van der Waals surface area contributed by atoms with Crippen molar-refractivity contribution in [2.75, 3.05) is 19.8 Å². The van der Waals surface area contributed by atoms with Crippen molar-refractivity contribution in [3.05, 3.63) is 11.9 Å². The van der Waals surface area contributed by atoms with Gasteiger partial charge in [-0.3, -0.25) is 9.48 Å². The van der Waals surface area contributed by atoms with Crippen LogP contribution in [0.4, 0.5) is 0 Å². The topological polar surface area (TPSA) is 69.0 Å². The third-order valence-electron chi connectivity index (χ3n) is 3.28. The van der Waals surface area contributed by atoms with Gasteiger partial charge in [-0.1, -0.05) is 18.6 Å². The van der Waals surface area contributed by atoms with Gasteiger partial charge in [-0.2, -0.15) is 0 Å². The standard InChI is InChI=1S/C13H22N4O2/c1-2-3-5-17-9-12(15-16-17)7-13(18)14-8-11-4-6-19-10-11/h9,11H,2-8,10H2,1H3,(H,14,18). The average Bonchev–Trinajstić information content (AvgIpc) is 3.05. The number of amides is 1. The SMILES string of the molecule is CCCCn1cc(CC(=O)NCC2CCOC2)nn1. The van der Waals surface area contributed by atoms with E-state index >= 15 is 0 Å². The molecule has 1 atom stereocenters. The summed E-state index contributed by atoms with van der Waals surface area (Å²) in [6, 6.07) is 0. The highest BCUT2D eigenvalue weighted by molar-refractivity contribution is 5.77. The van der Waals surface area contributed by atoms with Crippen LogP contribution in [-0.4, -0.2) is 40.7 Å². The molecule has 1 fully saturated rings. The Balaban J connectivity index is 1.70. The molecule has 1 saturated heterocycles. The first kappa shape index (κ1) is 14.0. The van der Waals surface area contributed by atoms with E-state index in [1.807, 2.05) is 6.20 Å². The Hall–Kier alpha value is -1.43. The summed E-state index contributed by atoms with van der Waals surface area (Å²) in [6.07, 6.45) is 5.40.